The number of nitrogens with zero attached hydrogens (tertiary/aromatic N) is 5. The number of anilines is 2. The number of rotatable bonds is 7. The summed E-state index contributed by atoms with van der Waals surface area (Å²) in [7, 11) is 0. The van der Waals surface area contributed by atoms with Crippen molar-refractivity contribution in [3.63, 3.8) is 0 Å². The van der Waals surface area contributed by atoms with E-state index in [1.807, 2.05) is 23.0 Å². The summed E-state index contributed by atoms with van der Waals surface area (Å²) in [5.74, 6) is 0.899. The number of benzene rings is 1. The highest BCUT2D eigenvalue weighted by atomic mass is 35.5. The average Bonchev–Trinajstić information content (AvgIpc) is 3.46. The van der Waals surface area contributed by atoms with Crippen molar-refractivity contribution in [3.05, 3.63) is 54.0 Å². The van der Waals surface area contributed by atoms with Crippen LogP contribution in [0.2, 0.25) is 5.02 Å². The Hall–Kier alpha value is -2.52. The van der Waals surface area contributed by atoms with Gasteiger partial charge in [-0.3, -0.25) is 9.58 Å². The summed E-state index contributed by atoms with van der Waals surface area (Å²) in [4.78, 5) is 11.5. The van der Waals surface area contributed by atoms with Crippen LogP contribution in [0.4, 0.5) is 11.6 Å². The molecule has 0 bridgehead atoms. The lowest BCUT2D eigenvalue weighted by Crippen LogP contribution is -2.46. The van der Waals surface area contributed by atoms with E-state index in [2.05, 4.69) is 32.9 Å². The fraction of sp³-hybridized carbons (Fsp3) is 0.458. The number of aliphatic hydroxyl groups is 1. The number of ether oxygens (including phenoxy) is 1. The molecule has 2 atom stereocenters. The molecule has 9 heteroatoms. The molecule has 2 aromatic heterocycles. The van der Waals surface area contributed by atoms with E-state index in [1.54, 1.807) is 12.4 Å². The van der Waals surface area contributed by atoms with E-state index < -0.39 is 0 Å². The van der Waals surface area contributed by atoms with E-state index in [0.29, 0.717) is 25.1 Å². The van der Waals surface area contributed by atoms with Crippen LogP contribution in [0.1, 0.15) is 30.7 Å². The highest BCUT2D eigenvalue weighted by Crippen LogP contribution is 2.36. The second-order valence-corrected chi connectivity index (χ2v) is 9.21. The molecule has 1 aromatic carbocycles. The molecule has 2 fully saturated rings. The lowest BCUT2D eigenvalue weighted by Gasteiger charge is -2.36. The summed E-state index contributed by atoms with van der Waals surface area (Å²) in [5, 5.41) is 19.4. The molecule has 0 spiro atoms. The first-order valence-corrected chi connectivity index (χ1v) is 11.8. The molecule has 0 radical (unpaired) electrons. The number of allylic oxidation sites excluding steroid dienone is 1. The van der Waals surface area contributed by atoms with Crippen molar-refractivity contribution in [2.45, 2.75) is 43.9 Å². The van der Waals surface area contributed by atoms with Gasteiger partial charge >= 0.3 is 0 Å². The van der Waals surface area contributed by atoms with E-state index in [0.717, 1.165) is 66.1 Å². The Morgan fingerprint density at radius 1 is 1.24 bits per heavy atom. The van der Waals surface area contributed by atoms with Gasteiger partial charge in [0.15, 0.2) is 0 Å². The van der Waals surface area contributed by atoms with Crippen molar-refractivity contribution in [1.29, 1.82) is 0 Å². The van der Waals surface area contributed by atoms with Crippen LogP contribution in [-0.2, 0) is 11.3 Å². The van der Waals surface area contributed by atoms with Crippen molar-refractivity contribution < 1.29 is 9.84 Å². The summed E-state index contributed by atoms with van der Waals surface area (Å²) in [6.07, 6.45) is 9.85. The second kappa shape index (κ2) is 9.77. The molecule has 2 aliphatic heterocycles. The minimum atomic E-state index is -0.387. The van der Waals surface area contributed by atoms with Crippen LogP contribution in [0, 0.1) is 0 Å². The minimum absolute atomic E-state index is 0.112. The number of likely N-dealkylation sites (tertiary alicyclic amines) is 1. The van der Waals surface area contributed by atoms with Crippen LogP contribution >= 0.6 is 11.6 Å². The smallest absolute Gasteiger partial charge is 0.227 e. The molecule has 0 saturated carbocycles. The fourth-order valence-electron chi connectivity index (χ4n) is 4.77. The zero-order chi connectivity index (χ0) is 22.8. The van der Waals surface area contributed by atoms with Crippen molar-refractivity contribution in [2.75, 3.05) is 31.6 Å². The van der Waals surface area contributed by atoms with Crippen LogP contribution in [0.25, 0.3) is 10.9 Å². The Kier molecular flexibility index (Phi) is 6.59. The van der Waals surface area contributed by atoms with E-state index in [-0.39, 0.29) is 12.1 Å². The lowest BCUT2D eigenvalue weighted by atomic mass is 9.88. The van der Waals surface area contributed by atoms with E-state index >= 15 is 0 Å². The van der Waals surface area contributed by atoms with Crippen LogP contribution < -0.4 is 5.32 Å². The quantitative estimate of drug-likeness (QED) is 0.510. The SMILES string of the molecule is C=CCCn1cc(Nc2ncc3cc(Cl)c(C4CCN([C@@H]5COC[C@@H]5O)CC4)cc3n2)cn1. The van der Waals surface area contributed by atoms with E-state index in [1.165, 1.54) is 0 Å². The van der Waals surface area contributed by atoms with Crippen LogP contribution in [0.3, 0.4) is 0 Å². The Morgan fingerprint density at radius 3 is 2.85 bits per heavy atom. The Balaban J connectivity index is 1.30. The molecule has 33 heavy (non-hydrogen) atoms. The fourth-order valence-corrected chi connectivity index (χ4v) is 5.09. The maximum Gasteiger partial charge on any atom is 0.227 e. The van der Waals surface area contributed by atoms with Crippen LogP contribution in [0.5, 0.6) is 0 Å². The van der Waals surface area contributed by atoms with Gasteiger partial charge in [-0.15, -0.1) is 6.58 Å². The van der Waals surface area contributed by atoms with Gasteiger partial charge in [-0.2, -0.15) is 5.10 Å². The van der Waals surface area contributed by atoms with Gasteiger partial charge in [-0.25, -0.2) is 9.97 Å². The molecule has 0 unspecified atom stereocenters. The van der Waals surface area contributed by atoms with Gasteiger partial charge < -0.3 is 15.2 Å². The third-order valence-corrected chi connectivity index (χ3v) is 6.94. The molecule has 2 aliphatic rings. The van der Waals surface area contributed by atoms with Gasteiger partial charge in [0.05, 0.1) is 42.8 Å². The predicted octanol–water partition coefficient (Wildman–Crippen LogP) is 3.74. The van der Waals surface area contributed by atoms with Gasteiger partial charge in [-0.1, -0.05) is 17.7 Å². The summed E-state index contributed by atoms with van der Waals surface area (Å²) < 4.78 is 7.30. The average molecular weight is 469 g/mol. The standard InChI is InChI=1S/C24H29ClN6O2/c1-2-3-6-31-13-18(12-27-31)28-24-26-11-17-9-20(25)19(10-21(17)29-24)16-4-7-30(8-5-16)22-14-33-15-23(22)32/h2,9-13,16,22-23,32H,1,3-8,14-15H2,(H,26,28,29)/t22-,23+/m1/s1. The first-order valence-electron chi connectivity index (χ1n) is 11.5. The molecular weight excluding hydrogens is 440 g/mol. The van der Waals surface area contributed by atoms with Crippen molar-refractivity contribution >= 4 is 34.1 Å². The van der Waals surface area contributed by atoms with Gasteiger partial charge in [-0.05, 0) is 56.0 Å². The number of nitrogens with one attached hydrogen (secondary N) is 1. The summed E-state index contributed by atoms with van der Waals surface area (Å²) in [5.41, 5.74) is 2.85. The van der Waals surface area contributed by atoms with Crippen molar-refractivity contribution in [3.8, 4) is 0 Å². The van der Waals surface area contributed by atoms with Gasteiger partial charge in [0, 0.05) is 29.3 Å². The largest absolute Gasteiger partial charge is 0.389 e. The highest BCUT2D eigenvalue weighted by molar-refractivity contribution is 6.32. The number of hydrogen-bond acceptors (Lipinski definition) is 7. The summed E-state index contributed by atoms with van der Waals surface area (Å²) in [6, 6.07) is 4.18. The molecule has 2 N–H and O–H groups in total. The summed E-state index contributed by atoms with van der Waals surface area (Å²) in [6.45, 7) is 7.44. The molecule has 5 rings (SSSR count). The third-order valence-electron chi connectivity index (χ3n) is 6.61. The van der Waals surface area contributed by atoms with Gasteiger partial charge in [0.1, 0.15) is 0 Å². The molecule has 4 heterocycles. The molecule has 8 nitrogen and oxygen atoms in total. The molecule has 0 aliphatic carbocycles. The maximum absolute atomic E-state index is 10.1. The second-order valence-electron chi connectivity index (χ2n) is 8.80. The van der Waals surface area contributed by atoms with Gasteiger partial charge in [0.25, 0.3) is 0 Å². The van der Waals surface area contributed by atoms with E-state index in [9.17, 15) is 5.11 Å². The predicted molar refractivity (Wildman–Crippen MR) is 129 cm³/mol. The molecule has 174 valence electrons. The van der Waals surface area contributed by atoms with Crippen molar-refractivity contribution in [2.24, 2.45) is 0 Å². The van der Waals surface area contributed by atoms with Crippen LogP contribution in [0.15, 0.2) is 43.4 Å². The zero-order valence-corrected chi connectivity index (χ0v) is 19.3. The molecule has 2 saturated heterocycles. The third kappa shape index (κ3) is 4.89. The molecule has 3 aromatic rings. The lowest BCUT2D eigenvalue weighted by molar-refractivity contribution is 0.0663. The number of hydrogen-bond donors (Lipinski definition) is 2. The Bertz CT molecular complexity index is 1130. The maximum atomic E-state index is 10.1. The zero-order valence-electron chi connectivity index (χ0n) is 18.5. The molecule has 0 amide bonds. The Labute approximate surface area is 198 Å². The summed E-state index contributed by atoms with van der Waals surface area (Å²) >= 11 is 6.67. The normalized spacial score (nSPS) is 22.1. The van der Waals surface area contributed by atoms with Crippen molar-refractivity contribution in [1.82, 2.24) is 24.6 Å². The minimum Gasteiger partial charge on any atom is -0.389 e. The number of halogens is 1. The Morgan fingerprint density at radius 2 is 2.09 bits per heavy atom. The van der Waals surface area contributed by atoms with E-state index in [4.69, 9.17) is 21.3 Å². The highest BCUT2D eigenvalue weighted by Gasteiger charge is 2.34. The monoisotopic (exact) mass is 468 g/mol. The first kappa shape index (κ1) is 22.3. The van der Waals surface area contributed by atoms with Crippen LogP contribution in [-0.4, -0.2) is 68.2 Å². The topological polar surface area (TPSA) is 88.3 Å². The number of fused-ring (bicyclic) bond motifs is 1. The number of aromatic nitrogens is 4. The number of aryl methyl sites for hydroxylation is 1. The first-order chi connectivity index (χ1) is 16.1. The molecular formula is C24H29ClN6O2. The number of piperidine rings is 1. The number of aliphatic hydroxyl groups excluding tert-OH is 1. The van der Waals surface area contributed by atoms with Gasteiger partial charge in [0.2, 0.25) is 5.95 Å².